The topological polar surface area (TPSA) is 59.2 Å². The van der Waals surface area contributed by atoms with Gasteiger partial charge in [-0.25, -0.2) is 9.37 Å². The zero-order valence-corrected chi connectivity index (χ0v) is 12.4. The number of rotatable bonds is 3. The van der Waals surface area contributed by atoms with E-state index in [2.05, 4.69) is 4.98 Å². The zero-order chi connectivity index (χ0) is 14.9. The largest absolute Gasteiger partial charge is 0.375 e. The highest BCUT2D eigenvalue weighted by Crippen LogP contribution is 2.27. The molecule has 0 fully saturated rings. The van der Waals surface area contributed by atoms with Gasteiger partial charge in [-0.05, 0) is 19.9 Å². The molecule has 106 valence electrons. The number of nitrogens with zero attached hydrogens (tertiary/aromatic N) is 2. The molecule has 1 heterocycles. The van der Waals surface area contributed by atoms with Crippen LogP contribution in [0.25, 0.3) is 0 Å². The molecule has 6 heteroatoms. The van der Waals surface area contributed by atoms with Crippen LogP contribution < -0.4 is 5.73 Å². The summed E-state index contributed by atoms with van der Waals surface area (Å²) in [6.45, 7) is 3.53. The standard InChI is InChI=1S/C14H16FN3OS/c1-8-12(20-14(16)17-8)13(19)18(3)9(2)10-6-4-5-7-11(10)15/h4-7,9H,1-3H3,(H2,16,17). The van der Waals surface area contributed by atoms with E-state index in [-0.39, 0.29) is 17.8 Å². The maximum atomic E-state index is 13.8. The third-order valence-electron chi connectivity index (χ3n) is 3.26. The minimum atomic E-state index is -0.369. The summed E-state index contributed by atoms with van der Waals surface area (Å²) in [6, 6.07) is 6.08. The van der Waals surface area contributed by atoms with Gasteiger partial charge in [-0.2, -0.15) is 0 Å². The molecule has 1 unspecified atom stereocenters. The molecule has 0 aliphatic heterocycles. The molecule has 2 N–H and O–H groups in total. The molecule has 0 aliphatic carbocycles. The maximum Gasteiger partial charge on any atom is 0.266 e. The van der Waals surface area contributed by atoms with E-state index in [1.807, 2.05) is 0 Å². The number of thiazole rings is 1. The summed E-state index contributed by atoms with van der Waals surface area (Å²) in [6.07, 6.45) is 0. The van der Waals surface area contributed by atoms with Crippen molar-refractivity contribution in [2.45, 2.75) is 19.9 Å². The van der Waals surface area contributed by atoms with Crippen LogP contribution in [-0.4, -0.2) is 22.8 Å². The van der Waals surface area contributed by atoms with Crippen molar-refractivity contribution >= 4 is 22.4 Å². The molecule has 20 heavy (non-hydrogen) atoms. The highest BCUT2D eigenvalue weighted by atomic mass is 32.1. The van der Waals surface area contributed by atoms with Crippen molar-refractivity contribution in [3.8, 4) is 0 Å². The van der Waals surface area contributed by atoms with Crippen LogP contribution in [0.2, 0.25) is 0 Å². The Labute approximate surface area is 121 Å². The SMILES string of the molecule is Cc1nc(N)sc1C(=O)N(C)C(C)c1ccccc1F. The number of anilines is 1. The number of aromatic nitrogens is 1. The lowest BCUT2D eigenvalue weighted by atomic mass is 10.1. The normalized spacial score (nSPS) is 12.2. The molecule has 1 atom stereocenters. The van der Waals surface area contributed by atoms with Gasteiger partial charge in [0.05, 0.1) is 11.7 Å². The van der Waals surface area contributed by atoms with Crippen LogP contribution in [0.5, 0.6) is 0 Å². The molecule has 4 nitrogen and oxygen atoms in total. The summed E-state index contributed by atoms with van der Waals surface area (Å²) in [5.74, 6) is -0.521. The number of nitrogens with two attached hydrogens (primary N) is 1. The molecule has 1 amide bonds. The first kappa shape index (κ1) is 14.5. The van der Waals surface area contributed by atoms with Crippen molar-refractivity contribution < 1.29 is 9.18 Å². The van der Waals surface area contributed by atoms with Crippen LogP contribution in [0, 0.1) is 12.7 Å². The van der Waals surface area contributed by atoms with Crippen LogP contribution in [0.4, 0.5) is 9.52 Å². The van der Waals surface area contributed by atoms with E-state index < -0.39 is 0 Å². The minimum Gasteiger partial charge on any atom is -0.375 e. The number of hydrogen-bond donors (Lipinski definition) is 1. The van der Waals surface area contributed by atoms with Crippen molar-refractivity contribution in [2.24, 2.45) is 0 Å². The molecular weight excluding hydrogens is 277 g/mol. The van der Waals surface area contributed by atoms with Crippen molar-refractivity contribution in [3.63, 3.8) is 0 Å². The van der Waals surface area contributed by atoms with E-state index >= 15 is 0 Å². The van der Waals surface area contributed by atoms with Gasteiger partial charge in [0, 0.05) is 12.6 Å². The molecule has 1 aromatic heterocycles. The Morgan fingerprint density at radius 1 is 1.45 bits per heavy atom. The predicted molar refractivity (Wildman–Crippen MR) is 78.2 cm³/mol. The molecule has 0 spiro atoms. The Morgan fingerprint density at radius 3 is 2.65 bits per heavy atom. The number of carbonyl (C=O) groups excluding carboxylic acids is 1. The van der Waals surface area contributed by atoms with Crippen molar-refractivity contribution in [1.29, 1.82) is 0 Å². The molecule has 2 aromatic rings. The molecule has 0 bridgehead atoms. The molecule has 2 rings (SSSR count). The first-order valence-electron chi connectivity index (χ1n) is 6.16. The number of aryl methyl sites for hydroxylation is 1. The number of amides is 1. The Morgan fingerprint density at radius 2 is 2.10 bits per heavy atom. The number of hydrogen-bond acceptors (Lipinski definition) is 4. The molecule has 1 aromatic carbocycles. The Balaban J connectivity index is 2.27. The first-order valence-corrected chi connectivity index (χ1v) is 6.98. The number of carbonyl (C=O) groups is 1. The van der Waals surface area contributed by atoms with Gasteiger partial charge in [0.1, 0.15) is 10.7 Å². The summed E-state index contributed by atoms with van der Waals surface area (Å²) < 4.78 is 13.8. The third-order valence-corrected chi connectivity index (χ3v) is 4.24. The zero-order valence-electron chi connectivity index (χ0n) is 11.6. The molecule has 0 aliphatic rings. The molecule has 0 saturated heterocycles. The smallest absolute Gasteiger partial charge is 0.266 e. The fraction of sp³-hybridized carbons (Fsp3) is 0.286. The van der Waals surface area contributed by atoms with Crippen molar-refractivity contribution in [1.82, 2.24) is 9.88 Å². The second kappa shape index (κ2) is 5.58. The van der Waals surface area contributed by atoms with Crippen molar-refractivity contribution in [2.75, 3.05) is 12.8 Å². The summed E-state index contributed by atoms with van der Waals surface area (Å²) in [4.78, 5) is 18.5. The molecule has 0 saturated carbocycles. The first-order chi connectivity index (χ1) is 9.41. The van der Waals surface area contributed by atoms with Gasteiger partial charge < -0.3 is 10.6 Å². The van der Waals surface area contributed by atoms with Crippen LogP contribution in [0.1, 0.15) is 33.9 Å². The third kappa shape index (κ3) is 2.65. The summed E-state index contributed by atoms with van der Waals surface area (Å²) in [5, 5.41) is 0.359. The predicted octanol–water partition coefficient (Wildman–Crippen LogP) is 3.01. The quantitative estimate of drug-likeness (QED) is 0.946. The monoisotopic (exact) mass is 293 g/mol. The van der Waals surface area contributed by atoms with Crippen molar-refractivity contribution in [3.05, 3.63) is 46.2 Å². The molecule has 0 radical (unpaired) electrons. The Bertz CT molecular complexity index is 641. The van der Waals surface area contributed by atoms with Crippen LogP contribution >= 0.6 is 11.3 Å². The second-order valence-electron chi connectivity index (χ2n) is 4.58. The van der Waals surface area contributed by atoms with E-state index in [9.17, 15) is 9.18 Å². The lowest BCUT2D eigenvalue weighted by Crippen LogP contribution is -2.30. The average Bonchev–Trinajstić information content (AvgIpc) is 2.76. The lowest BCUT2D eigenvalue weighted by Gasteiger charge is -2.25. The maximum absolute atomic E-state index is 13.8. The van der Waals surface area contributed by atoms with E-state index in [0.717, 1.165) is 11.3 Å². The van der Waals surface area contributed by atoms with Gasteiger partial charge in [-0.15, -0.1) is 0 Å². The Kier molecular flexibility index (Phi) is 4.04. The highest BCUT2D eigenvalue weighted by molar-refractivity contribution is 7.17. The van der Waals surface area contributed by atoms with Gasteiger partial charge in [-0.1, -0.05) is 29.5 Å². The fourth-order valence-electron chi connectivity index (χ4n) is 1.97. The van der Waals surface area contributed by atoms with Gasteiger partial charge in [0.15, 0.2) is 5.13 Å². The highest BCUT2D eigenvalue weighted by Gasteiger charge is 2.24. The van der Waals surface area contributed by atoms with Crippen LogP contribution in [0.15, 0.2) is 24.3 Å². The van der Waals surface area contributed by atoms with E-state index in [1.54, 1.807) is 39.1 Å². The summed E-state index contributed by atoms with van der Waals surface area (Å²) in [7, 11) is 1.65. The van der Waals surface area contributed by atoms with Crippen LogP contribution in [0.3, 0.4) is 0 Å². The van der Waals surface area contributed by atoms with E-state index in [4.69, 9.17) is 5.73 Å². The van der Waals surface area contributed by atoms with Gasteiger partial charge in [0.2, 0.25) is 0 Å². The number of halogens is 1. The van der Waals surface area contributed by atoms with Gasteiger partial charge >= 0.3 is 0 Å². The summed E-state index contributed by atoms with van der Waals surface area (Å²) in [5.41, 5.74) is 6.69. The fourth-order valence-corrected chi connectivity index (χ4v) is 2.79. The van der Waals surface area contributed by atoms with Crippen LogP contribution in [-0.2, 0) is 0 Å². The number of nitrogen functional groups attached to an aromatic ring is 1. The van der Waals surface area contributed by atoms with Gasteiger partial charge in [-0.3, -0.25) is 4.79 Å². The average molecular weight is 293 g/mol. The van der Waals surface area contributed by atoms with E-state index in [0.29, 0.717) is 21.3 Å². The second-order valence-corrected chi connectivity index (χ2v) is 5.61. The summed E-state index contributed by atoms with van der Waals surface area (Å²) >= 11 is 1.15. The van der Waals surface area contributed by atoms with E-state index in [1.165, 1.54) is 11.0 Å². The number of benzene rings is 1. The molecular formula is C14H16FN3OS. The minimum absolute atomic E-state index is 0.201. The lowest BCUT2D eigenvalue weighted by molar-refractivity contribution is 0.0744. The Hall–Kier alpha value is -1.95. The van der Waals surface area contributed by atoms with Gasteiger partial charge in [0.25, 0.3) is 5.91 Å².